The fourth-order valence-electron chi connectivity index (χ4n) is 5.74. The first kappa shape index (κ1) is 34.1. The maximum atomic E-state index is 11.1. The lowest BCUT2D eigenvalue weighted by molar-refractivity contribution is -0.306. The first-order valence-corrected chi connectivity index (χ1v) is 13.9. The molecule has 3 saturated heterocycles. The number of rotatable bonds is 9. The zero-order chi connectivity index (χ0) is 31.0. The van der Waals surface area contributed by atoms with Crippen LogP contribution in [0.1, 0.15) is 6.42 Å². The van der Waals surface area contributed by atoms with Crippen molar-refractivity contribution in [2.24, 2.45) is 34.4 Å². The Labute approximate surface area is 241 Å². The van der Waals surface area contributed by atoms with Crippen LogP contribution in [0.25, 0.3) is 0 Å². The van der Waals surface area contributed by atoms with Gasteiger partial charge in [-0.1, -0.05) is 0 Å². The summed E-state index contributed by atoms with van der Waals surface area (Å²) >= 11 is 0. The lowest BCUT2D eigenvalue weighted by Gasteiger charge is -2.47. The van der Waals surface area contributed by atoms with Crippen LogP contribution in [0.15, 0.2) is 0 Å². The summed E-state index contributed by atoms with van der Waals surface area (Å²) in [6, 6.07) is -4.18. The second-order valence-corrected chi connectivity index (χ2v) is 11.2. The van der Waals surface area contributed by atoms with Crippen molar-refractivity contribution in [2.45, 2.75) is 123 Å². The van der Waals surface area contributed by atoms with Gasteiger partial charge >= 0.3 is 0 Å². The first-order valence-electron chi connectivity index (χ1n) is 13.9. The fourth-order valence-corrected chi connectivity index (χ4v) is 5.74. The molecule has 42 heavy (non-hydrogen) atoms. The van der Waals surface area contributed by atoms with E-state index in [2.05, 4.69) is 0 Å². The molecule has 19 nitrogen and oxygen atoms in total. The predicted molar refractivity (Wildman–Crippen MR) is 138 cm³/mol. The van der Waals surface area contributed by atoms with E-state index in [9.17, 15) is 35.7 Å². The third-order valence-electron chi connectivity index (χ3n) is 8.37. The van der Waals surface area contributed by atoms with Gasteiger partial charge in [-0.2, -0.15) is 0 Å². The van der Waals surface area contributed by atoms with Gasteiger partial charge in [0.2, 0.25) is 0 Å². The zero-order valence-corrected chi connectivity index (χ0v) is 22.8. The van der Waals surface area contributed by atoms with Gasteiger partial charge in [-0.15, -0.1) is 0 Å². The largest absolute Gasteiger partial charge is 0.394 e. The minimum atomic E-state index is -1.60. The van der Waals surface area contributed by atoms with Gasteiger partial charge in [-0.25, -0.2) is 0 Å². The molecule has 3 heterocycles. The van der Waals surface area contributed by atoms with Crippen LogP contribution in [-0.4, -0.2) is 172 Å². The second-order valence-electron chi connectivity index (χ2n) is 11.2. The molecule has 4 aliphatic rings. The normalized spacial score (nSPS) is 53.8. The lowest BCUT2D eigenvalue weighted by atomic mass is 9.84. The quantitative estimate of drug-likeness (QED) is 0.115. The van der Waals surface area contributed by atoms with Crippen LogP contribution in [0.2, 0.25) is 0 Å². The number of hydrogen-bond acceptors (Lipinski definition) is 19. The zero-order valence-electron chi connectivity index (χ0n) is 22.8. The standard InChI is InChI=1S/C23H46N6O13/c24-2-7-13(32)15(34)10(28)21(37-7)40-18-6(27)1-5(26)12(31)20(18)42-23-17(36)19(9(4-30)39-23)41-22-11(29)16(35)14(33)8(3-25)38-22/h5-23,30-36H,1-4,24-29H2/t5-,6-,7-,8-,9+,10-,11+,12+,13-,14+,15-,16+,17+,18-,19+,20-,21-,22?,23-/m1/s1. The number of ether oxygens (including phenoxy) is 6. The van der Waals surface area contributed by atoms with Crippen molar-refractivity contribution >= 4 is 0 Å². The molecule has 0 amide bonds. The van der Waals surface area contributed by atoms with Crippen LogP contribution in [0.4, 0.5) is 0 Å². The Morgan fingerprint density at radius 3 is 1.45 bits per heavy atom. The molecule has 1 aliphatic carbocycles. The average Bonchev–Trinajstić information content (AvgIpc) is 3.27. The van der Waals surface area contributed by atoms with Crippen molar-refractivity contribution in [3.63, 3.8) is 0 Å². The Morgan fingerprint density at radius 1 is 0.524 bits per heavy atom. The number of aliphatic hydroxyl groups is 7. The van der Waals surface area contributed by atoms with Crippen molar-refractivity contribution in [1.82, 2.24) is 0 Å². The highest BCUT2D eigenvalue weighted by molar-refractivity contribution is 5.02. The molecule has 0 aromatic carbocycles. The van der Waals surface area contributed by atoms with E-state index in [1.54, 1.807) is 0 Å². The van der Waals surface area contributed by atoms with Crippen LogP contribution in [0.5, 0.6) is 0 Å². The molecule has 19 N–H and O–H groups in total. The molecule has 1 unspecified atom stereocenters. The summed E-state index contributed by atoms with van der Waals surface area (Å²) < 4.78 is 34.6. The van der Waals surface area contributed by atoms with Gasteiger partial charge in [0.05, 0.1) is 24.8 Å². The Balaban J connectivity index is 1.50. The molecule has 3 aliphatic heterocycles. The molecule has 19 heteroatoms. The molecule has 0 bridgehead atoms. The minimum Gasteiger partial charge on any atom is -0.394 e. The monoisotopic (exact) mass is 614 g/mol. The highest BCUT2D eigenvalue weighted by atomic mass is 16.8. The molecule has 19 atom stereocenters. The van der Waals surface area contributed by atoms with E-state index in [-0.39, 0.29) is 19.5 Å². The first-order chi connectivity index (χ1) is 19.8. The average molecular weight is 615 g/mol. The van der Waals surface area contributed by atoms with Gasteiger partial charge in [-0.3, -0.25) is 0 Å². The topological polar surface area (TPSA) is 353 Å². The van der Waals surface area contributed by atoms with E-state index in [1.807, 2.05) is 0 Å². The highest BCUT2D eigenvalue weighted by Crippen LogP contribution is 2.34. The molecule has 0 aromatic rings. The van der Waals surface area contributed by atoms with Gasteiger partial charge < -0.3 is 98.6 Å². The van der Waals surface area contributed by atoms with Gasteiger partial charge in [0.1, 0.15) is 67.1 Å². The van der Waals surface area contributed by atoms with E-state index < -0.39 is 123 Å². The smallest absolute Gasteiger partial charge is 0.187 e. The summed E-state index contributed by atoms with van der Waals surface area (Å²) in [4.78, 5) is 0. The van der Waals surface area contributed by atoms with Crippen LogP contribution in [0, 0.1) is 0 Å². The van der Waals surface area contributed by atoms with Crippen LogP contribution in [0.3, 0.4) is 0 Å². The molecule has 1 saturated carbocycles. The highest BCUT2D eigenvalue weighted by Gasteiger charge is 2.54. The van der Waals surface area contributed by atoms with Gasteiger partial charge in [-0.05, 0) is 6.42 Å². The van der Waals surface area contributed by atoms with Crippen molar-refractivity contribution in [2.75, 3.05) is 19.7 Å². The summed E-state index contributed by atoms with van der Waals surface area (Å²) in [5, 5.41) is 73.0. The van der Waals surface area contributed by atoms with Crippen molar-refractivity contribution in [3.05, 3.63) is 0 Å². The molecular formula is C23H46N6O13. The summed E-state index contributed by atoms with van der Waals surface area (Å²) in [6.45, 7) is -0.967. The molecule has 0 aromatic heterocycles. The Kier molecular flexibility index (Phi) is 11.5. The number of aliphatic hydroxyl groups excluding tert-OH is 7. The Morgan fingerprint density at radius 2 is 0.976 bits per heavy atom. The molecule has 246 valence electrons. The van der Waals surface area contributed by atoms with Gasteiger partial charge in [0.15, 0.2) is 18.9 Å². The molecule has 4 rings (SSSR count). The second kappa shape index (κ2) is 14.1. The SMILES string of the molecule is NC[C@H]1OC(O[C@@H]2[C@H](O)[C@@H](O[C@@H]3[C@@H](O)[C@H](N)C[C@@H](N)[C@H]3O[C@H]3O[C@H](CN)[C@@H](O)[C@H](O)[C@H]3N)O[C@H]2CO)[C@@H](N)[C@H](O)[C@H]1O. The summed E-state index contributed by atoms with van der Waals surface area (Å²) in [5.41, 5.74) is 35.6. The molecule has 4 fully saturated rings. The third kappa shape index (κ3) is 6.60. The number of nitrogens with two attached hydrogens (primary N) is 6. The van der Waals surface area contributed by atoms with Crippen LogP contribution in [-0.2, 0) is 28.4 Å². The van der Waals surface area contributed by atoms with E-state index in [0.717, 1.165) is 0 Å². The van der Waals surface area contributed by atoms with E-state index in [1.165, 1.54) is 0 Å². The molecule has 0 spiro atoms. The summed E-state index contributed by atoms with van der Waals surface area (Å²) in [5.74, 6) is 0. The van der Waals surface area contributed by atoms with E-state index in [0.29, 0.717) is 0 Å². The van der Waals surface area contributed by atoms with E-state index in [4.69, 9.17) is 62.8 Å². The number of hydrogen-bond donors (Lipinski definition) is 13. The Hall–Kier alpha value is -0.760. The maximum absolute atomic E-state index is 11.1. The van der Waals surface area contributed by atoms with Crippen molar-refractivity contribution in [3.8, 4) is 0 Å². The fraction of sp³-hybridized carbons (Fsp3) is 1.00. The summed E-state index contributed by atoms with van der Waals surface area (Å²) in [7, 11) is 0. The Bertz CT molecular complexity index is 868. The third-order valence-corrected chi connectivity index (χ3v) is 8.37. The summed E-state index contributed by atoms with van der Waals surface area (Å²) in [6.07, 6.45) is -19.8. The molecule has 0 radical (unpaired) electrons. The van der Waals surface area contributed by atoms with Crippen LogP contribution < -0.4 is 34.4 Å². The predicted octanol–water partition coefficient (Wildman–Crippen LogP) is -8.90. The van der Waals surface area contributed by atoms with E-state index >= 15 is 0 Å². The lowest BCUT2D eigenvalue weighted by Crippen LogP contribution is -2.68. The van der Waals surface area contributed by atoms with Crippen LogP contribution >= 0.6 is 0 Å². The molecular weight excluding hydrogens is 568 g/mol. The van der Waals surface area contributed by atoms with Gasteiger partial charge in [0.25, 0.3) is 0 Å². The van der Waals surface area contributed by atoms with Gasteiger partial charge in [0, 0.05) is 25.2 Å². The maximum Gasteiger partial charge on any atom is 0.187 e. The van der Waals surface area contributed by atoms with Crippen molar-refractivity contribution < 1.29 is 64.2 Å². The minimum absolute atomic E-state index is 0.0889. The van der Waals surface area contributed by atoms with Crippen molar-refractivity contribution in [1.29, 1.82) is 0 Å².